The maximum atomic E-state index is 12.4. The number of benzene rings is 2. The van der Waals surface area contributed by atoms with Crippen LogP contribution in [0.25, 0.3) is 17.1 Å². The van der Waals surface area contributed by atoms with E-state index in [1.54, 1.807) is 12.4 Å². The lowest BCUT2D eigenvalue weighted by Crippen LogP contribution is -2.41. The van der Waals surface area contributed by atoms with Crippen molar-refractivity contribution in [3.63, 3.8) is 0 Å². The van der Waals surface area contributed by atoms with Gasteiger partial charge in [-0.05, 0) is 56.4 Å². The zero-order valence-corrected chi connectivity index (χ0v) is 19.4. The van der Waals surface area contributed by atoms with Gasteiger partial charge in [-0.1, -0.05) is 42.5 Å². The van der Waals surface area contributed by atoms with E-state index in [4.69, 9.17) is 14.0 Å². The predicted octanol–water partition coefficient (Wildman–Crippen LogP) is 4.57. The number of amides is 1. The summed E-state index contributed by atoms with van der Waals surface area (Å²) in [6.07, 6.45) is 4.77. The quantitative estimate of drug-likeness (QED) is 0.560. The number of rotatable bonds is 6. The van der Waals surface area contributed by atoms with Crippen LogP contribution in [0.1, 0.15) is 38.8 Å². The summed E-state index contributed by atoms with van der Waals surface area (Å²) >= 11 is 0. The van der Waals surface area contributed by atoms with Gasteiger partial charge in [0.25, 0.3) is 0 Å². The molecular formula is C25H28BN3O4. The molecule has 3 aromatic rings. The van der Waals surface area contributed by atoms with Crippen molar-refractivity contribution in [3.8, 4) is 0 Å². The van der Waals surface area contributed by atoms with Gasteiger partial charge in [-0.3, -0.25) is 9.97 Å². The van der Waals surface area contributed by atoms with E-state index in [-0.39, 0.29) is 13.2 Å². The molecule has 7 nitrogen and oxygen atoms in total. The van der Waals surface area contributed by atoms with E-state index in [1.165, 1.54) is 0 Å². The summed E-state index contributed by atoms with van der Waals surface area (Å²) < 4.78 is 17.8. The van der Waals surface area contributed by atoms with Crippen molar-refractivity contribution in [2.45, 2.75) is 45.5 Å². The first-order chi connectivity index (χ1) is 15.7. The van der Waals surface area contributed by atoms with Crippen LogP contribution >= 0.6 is 0 Å². The van der Waals surface area contributed by atoms with E-state index in [0.717, 1.165) is 27.6 Å². The molecule has 1 N–H and O–H groups in total. The highest BCUT2D eigenvalue weighted by atomic mass is 16.7. The number of carbonyl (C=O) groups excluding carboxylic acids is 1. The van der Waals surface area contributed by atoms with Gasteiger partial charge in [-0.25, -0.2) is 4.79 Å². The number of nitrogens with one attached hydrogen (secondary N) is 1. The first-order valence-electron chi connectivity index (χ1n) is 10.9. The Kier molecular flexibility index (Phi) is 6.49. The van der Waals surface area contributed by atoms with Crippen LogP contribution in [0.15, 0.2) is 66.4 Å². The zero-order chi connectivity index (χ0) is 23.5. The van der Waals surface area contributed by atoms with Gasteiger partial charge in [0.15, 0.2) is 0 Å². The molecule has 2 aromatic carbocycles. The van der Waals surface area contributed by atoms with Gasteiger partial charge in [-0.15, -0.1) is 0 Å². The van der Waals surface area contributed by atoms with Crippen molar-refractivity contribution in [3.05, 3.63) is 77.5 Å². The van der Waals surface area contributed by atoms with E-state index in [2.05, 4.69) is 15.3 Å². The molecule has 0 atom stereocenters. The zero-order valence-electron chi connectivity index (χ0n) is 19.4. The fraction of sp³-hybridized carbons (Fsp3) is 0.320. The minimum atomic E-state index is -0.609. The van der Waals surface area contributed by atoms with Crippen molar-refractivity contribution in [1.82, 2.24) is 15.3 Å². The Labute approximate surface area is 194 Å². The Bertz CT molecular complexity index is 1150. The summed E-state index contributed by atoms with van der Waals surface area (Å²) in [5.74, 6) is 0. The summed E-state index contributed by atoms with van der Waals surface area (Å²) in [5, 5.41) is 2.82. The fourth-order valence-electron chi connectivity index (χ4n) is 3.43. The van der Waals surface area contributed by atoms with E-state index in [1.807, 2.05) is 82.3 Å². The van der Waals surface area contributed by atoms with E-state index in [0.29, 0.717) is 0 Å². The lowest BCUT2D eigenvalue weighted by molar-refractivity contribution is 0.00578. The standard InChI is InChI=1S/C25H28BN3O4/c1-24(2)25(3,4)33-26(32-24)20(14-19-10-11-21-22(15-19)28-13-12-27-21)16-29-23(30)31-17-18-8-6-5-7-9-18/h5-15H,16-17H2,1-4H3,(H,29,30). The predicted molar refractivity (Wildman–Crippen MR) is 128 cm³/mol. The van der Waals surface area contributed by atoms with Crippen molar-refractivity contribution < 1.29 is 18.8 Å². The Hall–Kier alpha value is -3.23. The highest BCUT2D eigenvalue weighted by molar-refractivity contribution is 6.56. The minimum Gasteiger partial charge on any atom is -0.445 e. The fourth-order valence-corrected chi connectivity index (χ4v) is 3.43. The minimum absolute atomic E-state index is 0.200. The first kappa shape index (κ1) is 23.0. The molecule has 1 amide bonds. The Morgan fingerprint density at radius 1 is 1.00 bits per heavy atom. The van der Waals surface area contributed by atoms with Gasteiger partial charge in [0.1, 0.15) is 6.61 Å². The largest absolute Gasteiger partial charge is 0.492 e. The first-order valence-corrected chi connectivity index (χ1v) is 10.9. The lowest BCUT2D eigenvalue weighted by atomic mass is 9.77. The van der Waals surface area contributed by atoms with Crippen LogP contribution in [0.3, 0.4) is 0 Å². The second kappa shape index (κ2) is 9.33. The molecule has 33 heavy (non-hydrogen) atoms. The monoisotopic (exact) mass is 445 g/mol. The summed E-state index contributed by atoms with van der Waals surface area (Å²) in [6, 6.07) is 15.4. The topological polar surface area (TPSA) is 82.6 Å². The van der Waals surface area contributed by atoms with Crippen LogP contribution in [0, 0.1) is 0 Å². The Morgan fingerprint density at radius 3 is 2.36 bits per heavy atom. The number of hydrogen-bond donors (Lipinski definition) is 1. The molecule has 1 aliphatic rings. The number of aromatic nitrogens is 2. The molecule has 0 unspecified atom stereocenters. The molecular weight excluding hydrogens is 417 g/mol. The molecule has 8 heteroatoms. The molecule has 0 radical (unpaired) electrons. The van der Waals surface area contributed by atoms with E-state index in [9.17, 15) is 4.79 Å². The Balaban J connectivity index is 1.52. The smallest absolute Gasteiger partial charge is 0.445 e. The Morgan fingerprint density at radius 2 is 1.67 bits per heavy atom. The number of fused-ring (bicyclic) bond motifs is 1. The third-order valence-corrected chi connectivity index (χ3v) is 6.05. The molecule has 0 saturated carbocycles. The number of carbonyl (C=O) groups is 1. The average Bonchev–Trinajstić information content (AvgIpc) is 3.02. The molecule has 0 aliphatic carbocycles. The van der Waals surface area contributed by atoms with Crippen LogP contribution < -0.4 is 5.32 Å². The van der Waals surface area contributed by atoms with Crippen LogP contribution in [-0.4, -0.2) is 40.9 Å². The summed E-state index contributed by atoms with van der Waals surface area (Å²) in [5.41, 5.74) is 3.20. The second-order valence-electron chi connectivity index (χ2n) is 9.03. The highest BCUT2D eigenvalue weighted by Gasteiger charge is 2.52. The van der Waals surface area contributed by atoms with Gasteiger partial charge in [0.05, 0.1) is 22.2 Å². The molecule has 170 valence electrons. The third kappa shape index (κ3) is 5.41. The second-order valence-corrected chi connectivity index (χ2v) is 9.03. The van der Waals surface area contributed by atoms with Gasteiger partial charge < -0.3 is 19.4 Å². The molecule has 2 heterocycles. The average molecular weight is 445 g/mol. The molecule has 1 saturated heterocycles. The van der Waals surface area contributed by atoms with Gasteiger partial charge in [-0.2, -0.15) is 0 Å². The van der Waals surface area contributed by atoms with Crippen LogP contribution in [0.2, 0.25) is 0 Å². The molecule has 1 aromatic heterocycles. The number of nitrogens with zero attached hydrogens (tertiary/aromatic N) is 2. The molecule has 4 rings (SSSR count). The van der Waals surface area contributed by atoms with E-state index < -0.39 is 24.4 Å². The van der Waals surface area contributed by atoms with Crippen molar-refractivity contribution in [1.29, 1.82) is 0 Å². The van der Waals surface area contributed by atoms with Crippen LogP contribution in [0.4, 0.5) is 4.79 Å². The maximum absolute atomic E-state index is 12.4. The number of alkyl carbamates (subject to hydrolysis) is 1. The normalized spacial score (nSPS) is 17.2. The lowest BCUT2D eigenvalue weighted by Gasteiger charge is -2.32. The molecule has 0 spiro atoms. The molecule has 1 aliphatic heterocycles. The summed E-state index contributed by atoms with van der Waals surface area (Å²) in [6.45, 7) is 8.40. The van der Waals surface area contributed by atoms with Crippen LogP contribution in [-0.2, 0) is 20.7 Å². The third-order valence-electron chi connectivity index (χ3n) is 6.05. The van der Waals surface area contributed by atoms with Gasteiger partial charge in [0.2, 0.25) is 0 Å². The van der Waals surface area contributed by atoms with Crippen molar-refractivity contribution in [2.24, 2.45) is 0 Å². The van der Waals surface area contributed by atoms with Gasteiger partial charge in [0, 0.05) is 18.9 Å². The van der Waals surface area contributed by atoms with E-state index >= 15 is 0 Å². The SMILES string of the molecule is CC1(C)OB(C(=Cc2ccc3nccnc3c2)CNC(=O)OCc2ccccc2)OC1(C)C. The molecule has 1 fully saturated rings. The summed E-state index contributed by atoms with van der Waals surface area (Å²) in [7, 11) is -0.609. The molecule has 0 bridgehead atoms. The summed E-state index contributed by atoms with van der Waals surface area (Å²) in [4.78, 5) is 21.0. The number of hydrogen-bond acceptors (Lipinski definition) is 6. The maximum Gasteiger partial charge on any atom is 0.492 e. The number of ether oxygens (including phenoxy) is 1. The highest BCUT2D eigenvalue weighted by Crippen LogP contribution is 2.38. The van der Waals surface area contributed by atoms with Gasteiger partial charge >= 0.3 is 13.2 Å². The van der Waals surface area contributed by atoms with Crippen LogP contribution in [0.5, 0.6) is 0 Å². The van der Waals surface area contributed by atoms with Crippen molar-refractivity contribution >= 4 is 30.3 Å². The van der Waals surface area contributed by atoms with Crippen molar-refractivity contribution in [2.75, 3.05) is 6.54 Å².